The van der Waals surface area contributed by atoms with E-state index in [9.17, 15) is 8.42 Å². The molecule has 1 aromatic rings. The number of thioether (sulfide) groups is 1. The van der Waals surface area contributed by atoms with Crippen molar-refractivity contribution in [2.75, 3.05) is 30.4 Å². The van der Waals surface area contributed by atoms with E-state index >= 15 is 0 Å². The molecule has 108 valence electrons. The number of anilines is 1. The van der Waals surface area contributed by atoms with Gasteiger partial charge in [0.1, 0.15) is 0 Å². The number of rotatable bonds is 7. The van der Waals surface area contributed by atoms with E-state index in [4.69, 9.17) is 0 Å². The molecule has 0 aromatic heterocycles. The molecular weight excluding hydrogens is 280 g/mol. The van der Waals surface area contributed by atoms with Crippen LogP contribution in [0.5, 0.6) is 0 Å². The predicted molar refractivity (Wildman–Crippen MR) is 83.7 cm³/mol. The van der Waals surface area contributed by atoms with Gasteiger partial charge >= 0.3 is 0 Å². The summed E-state index contributed by atoms with van der Waals surface area (Å²) in [5, 5.41) is 3.20. The van der Waals surface area contributed by atoms with Crippen LogP contribution in [0.2, 0.25) is 0 Å². The molecular formula is C13H22N2O2S2. The fourth-order valence-corrected chi connectivity index (χ4v) is 3.95. The van der Waals surface area contributed by atoms with Crippen LogP contribution in [0.15, 0.2) is 17.0 Å². The van der Waals surface area contributed by atoms with Gasteiger partial charge in [-0.1, -0.05) is 0 Å². The second kappa shape index (κ2) is 7.17. The third kappa shape index (κ3) is 4.40. The molecule has 0 aliphatic heterocycles. The van der Waals surface area contributed by atoms with Crippen LogP contribution in [0.1, 0.15) is 18.1 Å². The quantitative estimate of drug-likeness (QED) is 0.759. The lowest BCUT2D eigenvalue weighted by Crippen LogP contribution is -2.27. The summed E-state index contributed by atoms with van der Waals surface area (Å²) in [4.78, 5) is 0.398. The molecule has 0 amide bonds. The van der Waals surface area contributed by atoms with Crippen LogP contribution in [-0.2, 0) is 10.0 Å². The van der Waals surface area contributed by atoms with E-state index in [-0.39, 0.29) is 0 Å². The van der Waals surface area contributed by atoms with Gasteiger partial charge in [-0.25, -0.2) is 13.1 Å². The van der Waals surface area contributed by atoms with Crippen LogP contribution in [0, 0.1) is 13.8 Å². The van der Waals surface area contributed by atoms with Crippen molar-refractivity contribution < 1.29 is 8.42 Å². The van der Waals surface area contributed by atoms with Gasteiger partial charge in [0.15, 0.2) is 0 Å². The van der Waals surface area contributed by atoms with E-state index in [1.54, 1.807) is 11.8 Å². The first-order valence-electron chi connectivity index (χ1n) is 6.26. The molecule has 0 saturated carbocycles. The minimum absolute atomic E-state index is 0.398. The largest absolute Gasteiger partial charge is 0.385 e. The van der Waals surface area contributed by atoms with E-state index in [0.717, 1.165) is 29.1 Å². The average molecular weight is 302 g/mol. The Hall–Kier alpha value is -0.720. The van der Waals surface area contributed by atoms with Crippen molar-refractivity contribution in [3.63, 3.8) is 0 Å². The van der Waals surface area contributed by atoms with Gasteiger partial charge in [0.05, 0.1) is 4.90 Å². The summed E-state index contributed by atoms with van der Waals surface area (Å²) in [5.74, 6) is 0.771. The Labute approximate surface area is 120 Å². The molecule has 0 unspecified atom stereocenters. The van der Waals surface area contributed by atoms with E-state index in [0.29, 0.717) is 11.4 Å². The third-order valence-electron chi connectivity index (χ3n) is 2.71. The van der Waals surface area contributed by atoms with Gasteiger partial charge < -0.3 is 5.32 Å². The maximum Gasteiger partial charge on any atom is 0.241 e. The number of hydrogen-bond donors (Lipinski definition) is 2. The Balaban J connectivity index is 3.06. The van der Waals surface area contributed by atoms with Crippen molar-refractivity contribution >= 4 is 27.5 Å². The van der Waals surface area contributed by atoms with E-state index < -0.39 is 10.0 Å². The maximum absolute atomic E-state index is 12.3. The van der Waals surface area contributed by atoms with Crippen LogP contribution in [0.4, 0.5) is 5.69 Å². The average Bonchev–Trinajstić information content (AvgIpc) is 2.28. The Morgan fingerprint density at radius 3 is 2.26 bits per heavy atom. The molecule has 0 heterocycles. The van der Waals surface area contributed by atoms with Crippen LogP contribution in [0.3, 0.4) is 0 Å². The topological polar surface area (TPSA) is 58.2 Å². The monoisotopic (exact) mass is 302 g/mol. The van der Waals surface area contributed by atoms with Crippen LogP contribution in [0.25, 0.3) is 0 Å². The van der Waals surface area contributed by atoms with Gasteiger partial charge in [-0.15, -0.1) is 0 Å². The number of benzene rings is 1. The van der Waals surface area contributed by atoms with Gasteiger partial charge in [0, 0.05) is 24.5 Å². The van der Waals surface area contributed by atoms with E-state index in [1.165, 1.54) is 0 Å². The number of aryl methyl sites for hydroxylation is 2. The molecule has 6 heteroatoms. The Morgan fingerprint density at radius 2 is 1.79 bits per heavy atom. The first kappa shape index (κ1) is 16.3. The molecule has 0 atom stereocenters. The third-order valence-corrected chi connectivity index (χ3v) is 5.09. The van der Waals surface area contributed by atoms with Gasteiger partial charge in [-0.05, 0) is 50.3 Å². The minimum Gasteiger partial charge on any atom is -0.385 e. The summed E-state index contributed by atoms with van der Waals surface area (Å²) in [6.07, 6.45) is 1.95. The SMILES string of the molecule is CCNc1cc(C)c(S(=O)(=O)NCCSC)c(C)c1. The van der Waals surface area contributed by atoms with Crippen molar-refractivity contribution in [3.8, 4) is 0 Å². The summed E-state index contributed by atoms with van der Waals surface area (Å²) < 4.78 is 27.2. The smallest absolute Gasteiger partial charge is 0.241 e. The van der Waals surface area contributed by atoms with Gasteiger partial charge in [-0.3, -0.25) is 0 Å². The van der Waals surface area contributed by atoms with E-state index in [2.05, 4.69) is 10.0 Å². The fourth-order valence-electron chi connectivity index (χ4n) is 2.03. The van der Waals surface area contributed by atoms with Crippen molar-refractivity contribution in [2.24, 2.45) is 0 Å². The molecule has 2 N–H and O–H groups in total. The molecule has 0 radical (unpaired) electrons. The summed E-state index contributed by atoms with van der Waals surface area (Å²) in [7, 11) is -3.42. The molecule has 0 fully saturated rings. The number of nitrogens with one attached hydrogen (secondary N) is 2. The zero-order chi connectivity index (χ0) is 14.5. The summed E-state index contributed by atoms with van der Waals surface area (Å²) >= 11 is 1.62. The molecule has 19 heavy (non-hydrogen) atoms. The van der Waals surface area contributed by atoms with Gasteiger partial charge in [0.2, 0.25) is 10.0 Å². The Kier molecular flexibility index (Phi) is 6.16. The molecule has 0 aliphatic carbocycles. The van der Waals surface area contributed by atoms with Gasteiger partial charge in [0.25, 0.3) is 0 Å². The lowest BCUT2D eigenvalue weighted by Gasteiger charge is -2.14. The van der Waals surface area contributed by atoms with Crippen molar-refractivity contribution in [3.05, 3.63) is 23.3 Å². The van der Waals surface area contributed by atoms with Crippen LogP contribution in [-0.4, -0.2) is 33.5 Å². The first-order valence-corrected chi connectivity index (χ1v) is 9.13. The Morgan fingerprint density at radius 1 is 1.21 bits per heavy atom. The van der Waals surface area contributed by atoms with E-state index in [1.807, 2.05) is 39.2 Å². The molecule has 1 rings (SSSR count). The number of sulfonamides is 1. The molecule has 0 bridgehead atoms. The van der Waals surface area contributed by atoms with Crippen molar-refractivity contribution in [2.45, 2.75) is 25.7 Å². The zero-order valence-corrected chi connectivity index (χ0v) is 13.5. The fraction of sp³-hybridized carbons (Fsp3) is 0.538. The zero-order valence-electron chi connectivity index (χ0n) is 11.9. The minimum atomic E-state index is -3.42. The molecule has 1 aromatic carbocycles. The predicted octanol–water partition coefficient (Wildman–Crippen LogP) is 2.38. The lowest BCUT2D eigenvalue weighted by atomic mass is 10.1. The Bertz CT molecular complexity index is 504. The molecule has 0 spiro atoms. The molecule has 4 nitrogen and oxygen atoms in total. The lowest BCUT2D eigenvalue weighted by molar-refractivity contribution is 0.583. The highest BCUT2D eigenvalue weighted by Crippen LogP contribution is 2.24. The van der Waals surface area contributed by atoms with Gasteiger partial charge in [-0.2, -0.15) is 11.8 Å². The summed E-state index contributed by atoms with van der Waals surface area (Å²) in [6, 6.07) is 3.75. The summed E-state index contributed by atoms with van der Waals surface area (Å²) in [5.41, 5.74) is 2.50. The molecule has 0 aliphatic rings. The van der Waals surface area contributed by atoms with Crippen LogP contribution < -0.4 is 10.0 Å². The highest BCUT2D eigenvalue weighted by atomic mass is 32.2. The maximum atomic E-state index is 12.3. The number of hydrogen-bond acceptors (Lipinski definition) is 4. The normalized spacial score (nSPS) is 11.6. The second-order valence-electron chi connectivity index (χ2n) is 4.36. The summed E-state index contributed by atoms with van der Waals surface area (Å²) in [6.45, 7) is 6.95. The van der Waals surface area contributed by atoms with Crippen molar-refractivity contribution in [1.82, 2.24) is 4.72 Å². The first-order chi connectivity index (χ1) is 8.92. The van der Waals surface area contributed by atoms with Crippen LogP contribution >= 0.6 is 11.8 Å². The highest BCUT2D eigenvalue weighted by molar-refractivity contribution is 7.98. The highest BCUT2D eigenvalue weighted by Gasteiger charge is 2.19. The van der Waals surface area contributed by atoms with Crippen molar-refractivity contribution in [1.29, 1.82) is 0 Å². The second-order valence-corrected chi connectivity index (χ2v) is 7.05. The molecule has 0 saturated heterocycles. The standard InChI is InChI=1S/C13H22N2O2S2/c1-5-14-12-8-10(2)13(11(3)9-12)19(16,17)15-6-7-18-4/h8-9,14-15H,5-7H2,1-4H3.